The highest BCUT2D eigenvalue weighted by Crippen LogP contribution is 2.12. The Kier molecular flexibility index (Phi) is 4.35. The molecular formula is C13H20N2O. The number of nitrogens with zero attached hydrogens (tertiary/aromatic N) is 1. The number of hydrogen-bond donors (Lipinski definition) is 1. The van der Waals surface area contributed by atoms with Crippen molar-refractivity contribution in [3.63, 3.8) is 0 Å². The molecule has 0 bridgehead atoms. The number of hydrogen-bond acceptors (Lipinski definition) is 2. The third-order valence-electron chi connectivity index (χ3n) is 2.64. The lowest BCUT2D eigenvalue weighted by Gasteiger charge is -2.14. The second kappa shape index (κ2) is 5.54. The largest absolute Gasteiger partial charge is 0.378 e. The zero-order valence-electron chi connectivity index (χ0n) is 10.4. The molecule has 1 atom stereocenters. The lowest BCUT2D eigenvalue weighted by Crippen LogP contribution is -2.31. The number of carbonyl (C=O) groups excluding carboxylic acids is 1. The molecule has 3 nitrogen and oxygen atoms in total. The van der Waals surface area contributed by atoms with Crippen molar-refractivity contribution in [2.75, 3.05) is 19.0 Å². The van der Waals surface area contributed by atoms with Crippen LogP contribution < -0.4 is 10.2 Å². The maximum atomic E-state index is 11.8. The third-order valence-corrected chi connectivity index (χ3v) is 2.64. The lowest BCUT2D eigenvalue weighted by atomic mass is 10.1. The highest BCUT2D eigenvalue weighted by Gasteiger charge is 2.08. The van der Waals surface area contributed by atoms with Crippen molar-refractivity contribution in [3.05, 3.63) is 29.8 Å². The van der Waals surface area contributed by atoms with Gasteiger partial charge in [-0.05, 0) is 37.6 Å². The highest BCUT2D eigenvalue weighted by atomic mass is 16.1. The van der Waals surface area contributed by atoms with Gasteiger partial charge in [0, 0.05) is 31.4 Å². The highest BCUT2D eigenvalue weighted by molar-refractivity contribution is 5.94. The summed E-state index contributed by atoms with van der Waals surface area (Å²) in [6, 6.07) is 7.83. The van der Waals surface area contributed by atoms with E-state index in [9.17, 15) is 4.79 Å². The average molecular weight is 220 g/mol. The Balaban J connectivity index is 2.70. The standard InChI is InChI=1S/C13H20N2O/c1-5-10(2)14-13(16)11-6-8-12(9-7-11)15(3)4/h6-10H,5H2,1-4H3,(H,14,16)/t10-/m0/s1. The van der Waals surface area contributed by atoms with Gasteiger partial charge in [-0.15, -0.1) is 0 Å². The molecule has 1 aromatic rings. The van der Waals surface area contributed by atoms with Crippen molar-refractivity contribution in [3.8, 4) is 0 Å². The Morgan fingerprint density at radius 2 is 1.88 bits per heavy atom. The maximum absolute atomic E-state index is 11.8. The van der Waals surface area contributed by atoms with E-state index in [-0.39, 0.29) is 11.9 Å². The van der Waals surface area contributed by atoms with Crippen molar-refractivity contribution < 1.29 is 4.79 Å². The molecule has 1 rings (SSSR count). The molecule has 88 valence electrons. The molecule has 0 fully saturated rings. The van der Waals surface area contributed by atoms with Crippen molar-refractivity contribution in [1.29, 1.82) is 0 Å². The molecule has 0 radical (unpaired) electrons. The van der Waals surface area contributed by atoms with Crippen molar-refractivity contribution >= 4 is 11.6 Å². The Bertz CT molecular complexity index is 343. The van der Waals surface area contributed by atoms with Crippen LogP contribution in [0.25, 0.3) is 0 Å². The van der Waals surface area contributed by atoms with Crippen LogP contribution in [0.2, 0.25) is 0 Å². The van der Waals surface area contributed by atoms with E-state index in [0.717, 1.165) is 12.1 Å². The summed E-state index contributed by atoms with van der Waals surface area (Å²) >= 11 is 0. The van der Waals surface area contributed by atoms with Crippen molar-refractivity contribution in [2.45, 2.75) is 26.3 Å². The van der Waals surface area contributed by atoms with Gasteiger partial charge in [0.25, 0.3) is 5.91 Å². The minimum absolute atomic E-state index is 0.000318. The van der Waals surface area contributed by atoms with E-state index in [4.69, 9.17) is 0 Å². The van der Waals surface area contributed by atoms with Gasteiger partial charge in [0.05, 0.1) is 0 Å². The Morgan fingerprint density at radius 3 is 2.31 bits per heavy atom. The summed E-state index contributed by atoms with van der Waals surface area (Å²) in [7, 11) is 3.96. The number of amides is 1. The predicted octanol–water partition coefficient (Wildman–Crippen LogP) is 2.28. The van der Waals surface area contributed by atoms with Gasteiger partial charge in [-0.3, -0.25) is 4.79 Å². The first kappa shape index (κ1) is 12.6. The fourth-order valence-electron chi connectivity index (χ4n) is 1.32. The Labute approximate surface area is 97.5 Å². The van der Waals surface area contributed by atoms with E-state index in [1.807, 2.05) is 50.2 Å². The monoisotopic (exact) mass is 220 g/mol. The first-order valence-corrected chi connectivity index (χ1v) is 5.62. The van der Waals surface area contributed by atoms with Crippen LogP contribution in [0.5, 0.6) is 0 Å². The molecule has 0 aliphatic heterocycles. The molecule has 1 aromatic carbocycles. The quantitative estimate of drug-likeness (QED) is 0.844. The van der Waals surface area contributed by atoms with Crippen LogP contribution in [0.4, 0.5) is 5.69 Å². The molecule has 0 spiro atoms. The number of carbonyl (C=O) groups is 1. The van der Waals surface area contributed by atoms with Crippen LogP contribution in [0.3, 0.4) is 0 Å². The second-order valence-corrected chi connectivity index (χ2v) is 4.22. The van der Waals surface area contributed by atoms with E-state index in [1.54, 1.807) is 0 Å². The predicted molar refractivity (Wildman–Crippen MR) is 68.0 cm³/mol. The van der Waals surface area contributed by atoms with Gasteiger partial charge >= 0.3 is 0 Å². The van der Waals surface area contributed by atoms with Crippen molar-refractivity contribution in [1.82, 2.24) is 5.32 Å². The zero-order valence-corrected chi connectivity index (χ0v) is 10.4. The van der Waals surface area contributed by atoms with E-state index in [0.29, 0.717) is 5.56 Å². The van der Waals surface area contributed by atoms with Crippen LogP contribution in [0.15, 0.2) is 24.3 Å². The Morgan fingerprint density at radius 1 is 1.31 bits per heavy atom. The van der Waals surface area contributed by atoms with Crippen molar-refractivity contribution in [2.24, 2.45) is 0 Å². The lowest BCUT2D eigenvalue weighted by molar-refractivity contribution is 0.0939. The van der Waals surface area contributed by atoms with E-state index in [2.05, 4.69) is 12.2 Å². The molecule has 0 aliphatic rings. The summed E-state index contributed by atoms with van der Waals surface area (Å²) < 4.78 is 0. The van der Waals surface area contributed by atoms with E-state index in [1.165, 1.54) is 0 Å². The molecule has 0 saturated heterocycles. The molecule has 0 heterocycles. The molecule has 0 aliphatic carbocycles. The molecular weight excluding hydrogens is 200 g/mol. The van der Waals surface area contributed by atoms with Gasteiger partial charge in [0.2, 0.25) is 0 Å². The van der Waals surface area contributed by atoms with Gasteiger partial charge in [-0.25, -0.2) is 0 Å². The number of anilines is 1. The number of benzene rings is 1. The van der Waals surface area contributed by atoms with Gasteiger partial charge in [-0.2, -0.15) is 0 Å². The van der Waals surface area contributed by atoms with Gasteiger partial charge < -0.3 is 10.2 Å². The minimum atomic E-state index is -0.000318. The van der Waals surface area contributed by atoms with Crippen LogP contribution >= 0.6 is 0 Å². The summed E-state index contributed by atoms with van der Waals surface area (Å²) in [5.74, 6) is -0.000318. The fraction of sp³-hybridized carbons (Fsp3) is 0.462. The first-order valence-electron chi connectivity index (χ1n) is 5.62. The zero-order chi connectivity index (χ0) is 12.1. The summed E-state index contributed by atoms with van der Waals surface area (Å²) in [5, 5.41) is 2.94. The fourth-order valence-corrected chi connectivity index (χ4v) is 1.32. The van der Waals surface area contributed by atoms with Crippen LogP contribution in [-0.2, 0) is 0 Å². The summed E-state index contributed by atoms with van der Waals surface area (Å²) in [6.07, 6.45) is 0.946. The molecule has 1 N–H and O–H groups in total. The van der Waals surface area contributed by atoms with Gasteiger partial charge in [0.1, 0.15) is 0 Å². The Hall–Kier alpha value is -1.51. The summed E-state index contributed by atoms with van der Waals surface area (Å²) in [4.78, 5) is 13.8. The topological polar surface area (TPSA) is 32.3 Å². The van der Waals surface area contributed by atoms with E-state index < -0.39 is 0 Å². The van der Waals surface area contributed by atoms with Crippen LogP contribution in [0, 0.1) is 0 Å². The molecule has 0 aromatic heterocycles. The minimum Gasteiger partial charge on any atom is -0.378 e. The van der Waals surface area contributed by atoms with Crippen LogP contribution in [0.1, 0.15) is 30.6 Å². The maximum Gasteiger partial charge on any atom is 0.251 e. The van der Waals surface area contributed by atoms with E-state index >= 15 is 0 Å². The number of rotatable bonds is 4. The molecule has 3 heteroatoms. The van der Waals surface area contributed by atoms with Gasteiger partial charge in [0.15, 0.2) is 0 Å². The SMILES string of the molecule is CC[C@H](C)NC(=O)c1ccc(N(C)C)cc1. The summed E-state index contributed by atoms with van der Waals surface area (Å²) in [5.41, 5.74) is 1.81. The smallest absolute Gasteiger partial charge is 0.251 e. The summed E-state index contributed by atoms with van der Waals surface area (Å²) in [6.45, 7) is 4.06. The second-order valence-electron chi connectivity index (χ2n) is 4.22. The van der Waals surface area contributed by atoms with Crippen LogP contribution in [-0.4, -0.2) is 26.0 Å². The molecule has 1 amide bonds. The first-order chi connectivity index (χ1) is 7.54. The molecule has 0 unspecified atom stereocenters. The normalized spacial score (nSPS) is 12.0. The van der Waals surface area contributed by atoms with Gasteiger partial charge in [-0.1, -0.05) is 6.92 Å². The third kappa shape index (κ3) is 3.26. The number of nitrogens with one attached hydrogen (secondary N) is 1. The molecule has 0 saturated carbocycles. The molecule has 16 heavy (non-hydrogen) atoms. The average Bonchev–Trinajstić information content (AvgIpc) is 2.28.